The molecular weight excluding hydrogens is 368 g/mol. The van der Waals surface area contributed by atoms with E-state index in [1.165, 1.54) is 29.5 Å². The zero-order valence-electron chi connectivity index (χ0n) is 15.8. The highest BCUT2D eigenvalue weighted by molar-refractivity contribution is 6.30. The van der Waals surface area contributed by atoms with Crippen LogP contribution in [0.1, 0.15) is 31.2 Å². The monoisotopic (exact) mass is 388 g/mol. The Morgan fingerprint density at radius 1 is 1.04 bits per heavy atom. The molecule has 3 aromatic carbocycles. The molecule has 0 bridgehead atoms. The summed E-state index contributed by atoms with van der Waals surface area (Å²) in [6.07, 6.45) is 6.60. The molecule has 28 heavy (non-hydrogen) atoms. The van der Waals surface area contributed by atoms with Crippen molar-refractivity contribution in [2.24, 2.45) is 4.99 Å². The number of fused-ring (bicyclic) bond motifs is 6. The van der Waals surface area contributed by atoms with Crippen molar-refractivity contribution in [1.82, 2.24) is 0 Å². The van der Waals surface area contributed by atoms with E-state index in [0.29, 0.717) is 0 Å². The summed E-state index contributed by atoms with van der Waals surface area (Å²) < 4.78 is 7.00. The Labute approximate surface area is 169 Å². The van der Waals surface area contributed by atoms with Crippen molar-refractivity contribution >= 4 is 40.0 Å². The van der Waals surface area contributed by atoms with Crippen LogP contribution in [0.15, 0.2) is 59.6 Å². The molecule has 0 N–H and O–H groups in total. The highest BCUT2D eigenvalue weighted by atomic mass is 35.5. The number of hydrogen-bond donors (Lipinski definition) is 0. The second kappa shape index (κ2) is 5.51. The van der Waals surface area contributed by atoms with E-state index in [1.807, 2.05) is 12.3 Å². The van der Waals surface area contributed by atoms with E-state index in [2.05, 4.69) is 60.5 Å². The third-order valence-electron chi connectivity index (χ3n) is 6.97. The second-order valence-corrected chi connectivity index (χ2v) is 8.64. The van der Waals surface area contributed by atoms with Crippen LogP contribution in [0, 0.1) is 0 Å². The van der Waals surface area contributed by atoms with Gasteiger partial charge in [0.2, 0.25) is 5.72 Å². The Morgan fingerprint density at radius 2 is 1.86 bits per heavy atom. The Bertz CT molecular complexity index is 1150. The quantitative estimate of drug-likeness (QED) is 0.455. The lowest BCUT2D eigenvalue weighted by Crippen LogP contribution is -2.62. The fraction of sp³-hybridized carbons (Fsp3) is 0.292. The first-order chi connectivity index (χ1) is 13.6. The molecule has 4 heteroatoms. The van der Waals surface area contributed by atoms with E-state index in [4.69, 9.17) is 21.3 Å². The molecular formula is C24H21ClN2O. The largest absolute Gasteiger partial charge is 0.459 e. The molecule has 0 amide bonds. The number of nitrogens with zero attached hydrogens (tertiary/aromatic N) is 2. The molecule has 2 spiro atoms. The zero-order valence-corrected chi connectivity index (χ0v) is 16.5. The Hall–Kier alpha value is -2.52. The number of hydrogen-bond acceptors (Lipinski definition) is 3. The standard InChI is InChI=1S/C24H21ClN2O/c1-27-21-11-9-17(25)14-19(21)23(12-4-5-13-23)24(27)15-26-20-10-8-16-6-2-3-7-18(16)22(20)28-24/h2-3,6-11,14-15H,4-5,12-13H2,1H3. The summed E-state index contributed by atoms with van der Waals surface area (Å²) in [6.45, 7) is 0. The van der Waals surface area contributed by atoms with E-state index in [9.17, 15) is 0 Å². The summed E-state index contributed by atoms with van der Waals surface area (Å²) in [5, 5.41) is 3.08. The van der Waals surface area contributed by atoms with Gasteiger partial charge in [-0.2, -0.15) is 0 Å². The highest BCUT2D eigenvalue weighted by Gasteiger charge is 2.64. The molecule has 6 rings (SSSR count). The van der Waals surface area contributed by atoms with Crippen LogP contribution < -0.4 is 9.64 Å². The van der Waals surface area contributed by atoms with Gasteiger partial charge in [0, 0.05) is 23.1 Å². The topological polar surface area (TPSA) is 24.8 Å². The number of halogens is 1. The smallest absolute Gasteiger partial charge is 0.229 e. The van der Waals surface area contributed by atoms with Gasteiger partial charge >= 0.3 is 0 Å². The van der Waals surface area contributed by atoms with E-state index >= 15 is 0 Å². The van der Waals surface area contributed by atoms with Gasteiger partial charge < -0.3 is 9.64 Å². The van der Waals surface area contributed by atoms with Crippen molar-refractivity contribution in [1.29, 1.82) is 0 Å². The van der Waals surface area contributed by atoms with Crippen molar-refractivity contribution < 1.29 is 4.74 Å². The van der Waals surface area contributed by atoms with Gasteiger partial charge in [-0.05, 0) is 48.1 Å². The number of likely N-dealkylation sites (N-methyl/N-ethyl adjacent to an activating group) is 1. The van der Waals surface area contributed by atoms with Gasteiger partial charge in [0.25, 0.3) is 0 Å². The first-order valence-electron chi connectivity index (χ1n) is 9.95. The van der Waals surface area contributed by atoms with Crippen LogP contribution in [-0.4, -0.2) is 19.0 Å². The molecule has 0 radical (unpaired) electrons. The third kappa shape index (κ3) is 1.88. The Kier molecular flexibility index (Phi) is 3.24. The van der Waals surface area contributed by atoms with Crippen LogP contribution in [0.5, 0.6) is 5.75 Å². The summed E-state index contributed by atoms with van der Waals surface area (Å²) in [4.78, 5) is 7.20. The predicted molar refractivity (Wildman–Crippen MR) is 115 cm³/mol. The van der Waals surface area contributed by atoms with Gasteiger partial charge in [-0.3, -0.25) is 4.99 Å². The summed E-state index contributed by atoms with van der Waals surface area (Å²) >= 11 is 6.43. The normalized spacial score (nSPS) is 24.0. The molecule has 1 aliphatic carbocycles. The molecule has 3 nitrogen and oxygen atoms in total. The molecule has 3 aliphatic rings. The van der Waals surface area contributed by atoms with Crippen LogP contribution in [0.3, 0.4) is 0 Å². The van der Waals surface area contributed by atoms with E-state index in [1.54, 1.807) is 0 Å². The Morgan fingerprint density at radius 3 is 2.71 bits per heavy atom. The van der Waals surface area contributed by atoms with Gasteiger partial charge in [0.1, 0.15) is 5.69 Å². The van der Waals surface area contributed by atoms with Crippen molar-refractivity contribution in [3.05, 3.63) is 65.2 Å². The maximum atomic E-state index is 7.00. The van der Waals surface area contributed by atoms with Gasteiger partial charge in [-0.25, -0.2) is 0 Å². The van der Waals surface area contributed by atoms with Crippen LogP contribution in [-0.2, 0) is 5.41 Å². The molecule has 2 heterocycles. The molecule has 2 aliphatic heterocycles. The van der Waals surface area contributed by atoms with Gasteiger partial charge in [-0.15, -0.1) is 0 Å². The lowest BCUT2D eigenvalue weighted by molar-refractivity contribution is 0.0677. The van der Waals surface area contributed by atoms with E-state index < -0.39 is 5.72 Å². The van der Waals surface area contributed by atoms with Gasteiger partial charge in [0.05, 0.1) is 11.6 Å². The van der Waals surface area contributed by atoms with Crippen molar-refractivity contribution in [2.75, 3.05) is 11.9 Å². The van der Waals surface area contributed by atoms with Crippen molar-refractivity contribution in [3.8, 4) is 5.75 Å². The Balaban J connectivity index is 1.61. The maximum Gasteiger partial charge on any atom is 0.229 e. The minimum absolute atomic E-state index is 0.125. The number of aliphatic imine (C=N–C) groups is 1. The first kappa shape index (κ1) is 16.4. The van der Waals surface area contributed by atoms with Gasteiger partial charge in [0.15, 0.2) is 5.75 Å². The first-order valence-corrected chi connectivity index (χ1v) is 10.3. The summed E-state index contributed by atoms with van der Waals surface area (Å²) in [7, 11) is 2.13. The number of anilines is 1. The molecule has 1 unspecified atom stereocenters. The lowest BCUT2D eigenvalue weighted by Gasteiger charge is -2.46. The highest BCUT2D eigenvalue weighted by Crippen LogP contribution is 2.61. The molecule has 3 aromatic rings. The zero-order chi connectivity index (χ0) is 18.9. The van der Waals surface area contributed by atoms with Crippen molar-refractivity contribution in [2.45, 2.75) is 36.8 Å². The fourth-order valence-electron chi connectivity index (χ4n) is 5.64. The molecule has 0 aromatic heterocycles. The van der Waals surface area contributed by atoms with Crippen LogP contribution in [0.25, 0.3) is 10.8 Å². The van der Waals surface area contributed by atoms with Crippen LogP contribution in [0.2, 0.25) is 5.02 Å². The van der Waals surface area contributed by atoms with Gasteiger partial charge in [-0.1, -0.05) is 54.8 Å². The number of benzene rings is 3. The fourth-order valence-corrected chi connectivity index (χ4v) is 5.81. The summed E-state index contributed by atoms with van der Waals surface area (Å²) in [5.74, 6) is 0.887. The number of ether oxygens (including phenoxy) is 1. The molecule has 140 valence electrons. The minimum Gasteiger partial charge on any atom is -0.459 e. The average Bonchev–Trinajstić information content (AvgIpc) is 3.29. The second-order valence-electron chi connectivity index (χ2n) is 8.20. The maximum absolute atomic E-state index is 7.00. The molecule has 1 fully saturated rings. The predicted octanol–water partition coefficient (Wildman–Crippen LogP) is 6.25. The summed E-state index contributed by atoms with van der Waals surface area (Å²) in [5.41, 5.74) is 2.66. The van der Waals surface area contributed by atoms with Crippen LogP contribution >= 0.6 is 11.6 Å². The van der Waals surface area contributed by atoms with Crippen molar-refractivity contribution in [3.63, 3.8) is 0 Å². The number of rotatable bonds is 0. The third-order valence-corrected chi connectivity index (χ3v) is 7.21. The molecule has 1 saturated carbocycles. The lowest BCUT2D eigenvalue weighted by atomic mass is 9.72. The van der Waals surface area contributed by atoms with E-state index in [-0.39, 0.29) is 5.41 Å². The minimum atomic E-state index is -0.617. The summed E-state index contributed by atoms with van der Waals surface area (Å²) in [6, 6.07) is 18.8. The van der Waals surface area contributed by atoms with Crippen LogP contribution in [0.4, 0.5) is 11.4 Å². The van der Waals surface area contributed by atoms with E-state index in [0.717, 1.165) is 34.7 Å². The average molecular weight is 389 g/mol. The molecule has 0 saturated heterocycles. The molecule has 1 atom stereocenters. The SMILES string of the molecule is CN1c2ccc(Cl)cc2C2(CCCC2)C12C=Nc1ccc3ccccc3c1O2.